The van der Waals surface area contributed by atoms with Crippen LogP contribution in [0.2, 0.25) is 0 Å². The molecule has 6 heteroatoms. The topological polar surface area (TPSA) is 68.5 Å². The SMILES string of the molecule is Cc1ccc(C=NNc2nc3ccccc3c(=O)n2OCC(C)C)c(C)c1. The number of aryl methyl sites for hydroxylation is 2. The molecule has 0 aliphatic carbocycles. The normalized spacial score (nSPS) is 11.4. The first kappa shape index (κ1) is 18.6. The van der Waals surface area contributed by atoms with Crippen LogP contribution in [-0.4, -0.2) is 22.5 Å². The standard InChI is InChI=1S/C21H24N4O2/c1-14(2)13-27-25-20(26)18-7-5-6-8-19(18)23-21(25)24-22-12-17-10-9-15(3)11-16(17)4/h5-12,14H,13H2,1-4H3,(H,23,24). The Morgan fingerprint density at radius 2 is 2.00 bits per heavy atom. The maximum absolute atomic E-state index is 12.8. The lowest BCUT2D eigenvalue weighted by Gasteiger charge is -2.14. The van der Waals surface area contributed by atoms with Crippen LogP contribution < -0.4 is 15.8 Å². The van der Waals surface area contributed by atoms with Gasteiger partial charge in [0.2, 0.25) is 0 Å². The van der Waals surface area contributed by atoms with Crippen molar-refractivity contribution < 1.29 is 4.84 Å². The number of aromatic nitrogens is 2. The second kappa shape index (κ2) is 8.03. The van der Waals surface area contributed by atoms with Gasteiger partial charge in [-0.15, -0.1) is 4.73 Å². The van der Waals surface area contributed by atoms with Gasteiger partial charge in [0.05, 0.1) is 17.1 Å². The number of anilines is 1. The molecule has 1 heterocycles. The van der Waals surface area contributed by atoms with Crippen molar-refractivity contribution in [2.45, 2.75) is 27.7 Å². The summed E-state index contributed by atoms with van der Waals surface area (Å²) in [6.45, 7) is 8.52. The predicted molar refractivity (Wildman–Crippen MR) is 109 cm³/mol. The summed E-state index contributed by atoms with van der Waals surface area (Å²) in [7, 11) is 0. The van der Waals surface area contributed by atoms with Gasteiger partial charge in [-0.25, -0.2) is 10.4 Å². The van der Waals surface area contributed by atoms with Crippen LogP contribution in [0.4, 0.5) is 5.95 Å². The maximum atomic E-state index is 12.8. The molecule has 0 saturated carbocycles. The number of benzene rings is 2. The number of hydrogen-bond donors (Lipinski definition) is 1. The number of para-hydroxylation sites is 1. The molecule has 0 saturated heterocycles. The molecular weight excluding hydrogens is 340 g/mol. The van der Waals surface area contributed by atoms with E-state index < -0.39 is 0 Å². The summed E-state index contributed by atoms with van der Waals surface area (Å²) in [5, 5.41) is 4.77. The summed E-state index contributed by atoms with van der Waals surface area (Å²) in [6, 6.07) is 13.3. The summed E-state index contributed by atoms with van der Waals surface area (Å²) in [6.07, 6.45) is 1.71. The second-order valence-electron chi connectivity index (χ2n) is 6.97. The van der Waals surface area contributed by atoms with Crippen molar-refractivity contribution >= 4 is 23.1 Å². The zero-order valence-electron chi connectivity index (χ0n) is 16.1. The van der Waals surface area contributed by atoms with Crippen LogP contribution in [0.5, 0.6) is 0 Å². The van der Waals surface area contributed by atoms with E-state index in [1.165, 1.54) is 10.3 Å². The van der Waals surface area contributed by atoms with Gasteiger partial charge in [0.1, 0.15) is 6.61 Å². The van der Waals surface area contributed by atoms with E-state index >= 15 is 0 Å². The van der Waals surface area contributed by atoms with Crippen LogP contribution in [0.3, 0.4) is 0 Å². The van der Waals surface area contributed by atoms with Crippen LogP contribution >= 0.6 is 0 Å². The summed E-state index contributed by atoms with van der Waals surface area (Å²) in [5.74, 6) is 0.523. The van der Waals surface area contributed by atoms with Crippen LogP contribution in [0, 0.1) is 19.8 Å². The highest BCUT2D eigenvalue weighted by atomic mass is 16.7. The molecule has 3 rings (SSSR count). The maximum Gasteiger partial charge on any atom is 0.295 e. The van der Waals surface area contributed by atoms with Crippen LogP contribution in [0.1, 0.15) is 30.5 Å². The van der Waals surface area contributed by atoms with E-state index in [9.17, 15) is 4.79 Å². The predicted octanol–water partition coefficient (Wildman–Crippen LogP) is 3.54. The van der Waals surface area contributed by atoms with Crippen molar-refractivity contribution in [3.63, 3.8) is 0 Å². The van der Waals surface area contributed by atoms with Gasteiger partial charge in [-0.2, -0.15) is 5.10 Å². The van der Waals surface area contributed by atoms with Crippen molar-refractivity contribution in [2.24, 2.45) is 11.0 Å². The molecule has 0 aliphatic heterocycles. The molecule has 140 valence electrons. The monoisotopic (exact) mass is 364 g/mol. The Morgan fingerprint density at radius 1 is 1.22 bits per heavy atom. The van der Waals surface area contributed by atoms with Crippen LogP contribution in [-0.2, 0) is 0 Å². The minimum Gasteiger partial charge on any atom is -0.407 e. The molecule has 0 atom stereocenters. The molecule has 1 N–H and O–H groups in total. The fourth-order valence-electron chi connectivity index (χ4n) is 2.66. The molecule has 0 unspecified atom stereocenters. The van der Waals surface area contributed by atoms with E-state index in [0.717, 1.165) is 11.1 Å². The summed E-state index contributed by atoms with van der Waals surface area (Å²) < 4.78 is 1.18. The Kier molecular flexibility index (Phi) is 5.54. The third-order valence-electron chi connectivity index (χ3n) is 4.07. The largest absolute Gasteiger partial charge is 0.407 e. The fourth-order valence-corrected chi connectivity index (χ4v) is 2.66. The number of rotatable bonds is 6. The van der Waals surface area contributed by atoms with E-state index in [0.29, 0.717) is 17.5 Å². The average molecular weight is 364 g/mol. The van der Waals surface area contributed by atoms with Crippen molar-refractivity contribution in [1.29, 1.82) is 0 Å². The highest BCUT2D eigenvalue weighted by Gasteiger charge is 2.12. The molecule has 0 aliphatic rings. The number of hydrogen-bond acceptors (Lipinski definition) is 5. The average Bonchev–Trinajstić information content (AvgIpc) is 2.63. The zero-order valence-corrected chi connectivity index (χ0v) is 16.1. The van der Waals surface area contributed by atoms with E-state index in [2.05, 4.69) is 28.5 Å². The molecule has 2 aromatic carbocycles. The Morgan fingerprint density at radius 3 is 2.74 bits per heavy atom. The molecule has 6 nitrogen and oxygen atoms in total. The van der Waals surface area contributed by atoms with E-state index in [1.54, 1.807) is 18.3 Å². The lowest BCUT2D eigenvalue weighted by atomic mass is 10.1. The van der Waals surface area contributed by atoms with Gasteiger partial charge >= 0.3 is 0 Å². The third kappa shape index (κ3) is 4.34. The molecule has 0 bridgehead atoms. The van der Waals surface area contributed by atoms with Gasteiger partial charge < -0.3 is 4.84 Å². The van der Waals surface area contributed by atoms with Gasteiger partial charge in [-0.1, -0.05) is 49.7 Å². The van der Waals surface area contributed by atoms with Gasteiger partial charge in [0.15, 0.2) is 0 Å². The Hall–Kier alpha value is -3.15. The first-order valence-corrected chi connectivity index (χ1v) is 8.97. The lowest BCUT2D eigenvalue weighted by Crippen LogP contribution is -2.31. The highest BCUT2D eigenvalue weighted by molar-refractivity contribution is 5.82. The van der Waals surface area contributed by atoms with E-state index in [1.807, 2.05) is 45.0 Å². The van der Waals surface area contributed by atoms with Crippen molar-refractivity contribution in [3.8, 4) is 0 Å². The van der Waals surface area contributed by atoms with Gasteiger partial charge in [0, 0.05) is 0 Å². The second-order valence-corrected chi connectivity index (χ2v) is 6.97. The third-order valence-corrected chi connectivity index (χ3v) is 4.07. The highest BCUT2D eigenvalue weighted by Crippen LogP contribution is 2.11. The molecule has 1 aromatic heterocycles. The molecule has 0 amide bonds. The molecule has 0 radical (unpaired) electrons. The molecular formula is C21H24N4O2. The Labute approximate surface area is 158 Å². The Bertz CT molecular complexity index is 1040. The van der Waals surface area contributed by atoms with E-state index in [-0.39, 0.29) is 17.4 Å². The fraction of sp³-hybridized carbons (Fsp3) is 0.286. The summed E-state index contributed by atoms with van der Waals surface area (Å²) >= 11 is 0. The van der Waals surface area contributed by atoms with Crippen molar-refractivity contribution in [3.05, 3.63) is 69.5 Å². The number of nitrogens with one attached hydrogen (secondary N) is 1. The summed E-state index contributed by atoms with van der Waals surface area (Å²) in [5.41, 5.74) is 6.51. The summed E-state index contributed by atoms with van der Waals surface area (Å²) in [4.78, 5) is 23.0. The lowest BCUT2D eigenvalue weighted by molar-refractivity contribution is 0.0848. The number of nitrogens with zero attached hydrogens (tertiary/aromatic N) is 3. The first-order valence-electron chi connectivity index (χ1n) is 8.97. The van der Waals surface area contributed by atoms with Crippen LogP contribution in [0.15, 0.2) is 52.4 Å². The Balaban J connectivity index is 1.95. The minimum absolute atomic E-state index is 0.250. The van der Waals surface area contributed by atoms with Crippen LogP contribution in [0.25, 0.3) is 10.9 Å². The first-order chi connectivity index (χ1) is 13.0. The molecule has 3 aromatic rings. The van der Waals surface area contributed by atoms with E-state index in [4.69, 9.17) is 4.84 Å². The molecule has 0 fully saturated rings. The molecule has 27 heavy (non-hydrogen) atoms. The van der Waals surface area contributed by atoms with Crippen molar-refractivity contribution in [2.75, 3.05) is 12.0 Å². The minimum atomic E-state index is -0.259. The van der Waals surface area contributed by atoms with Gasteiger partial charge in [-0.3, -0.25) is 4.79 Å². The van der Waals surface area contributed by atoms with Crippen molar-refractivity contribution in [1.82, 2.24) is 9.71 Å². The molecule has 0 spiro atoms. The smallest absolute Gasteiger partial charge is 0.295 e. The number of hydrazone groups is 1. The quantitative estimate of drug-likeness (QED) is 0.536. The zero-order chi connectivity index (χ0) is 19.4. The van der Waals surface area contributed by atoms with Gasteiger partial charge in [-0.05, 0) is 43.0 Å². The number of fused-ring (bicyclic) bond motifs is 1. The van der Waals surface area contributed by atoms with Gasteiger partial charge in [0.25, 0.3) is 11.5 Å².